The van der Waals surface area contributed by atoms with Crippen molar-refractivity contribution in [1.82, 2.24) is 10.2 Å². The average molecular weight is 203 g/mol. The summed E-state index contributed by atoms with van der Waals surface area (Å²) in [5.74, 6) is 1.79. The third-order valence-electron chi connectivity index (χ3n) is 4.77. The molecule has 5 atom stereocenters. The van der Waals surface area contributed by atoms with Gasteiger partial charge in [-0.05, 0) is 31.6 Å². The third-order valence-corrected chi connectivity index (χ3v) is 4.77. The molecule has 0 aromatic rings. The summed E-state index contributed by atoms with van der Waals surface area (Å²) < 4.78 is 0. The largest absolute Gasteiger partial charge is 0.387 e. The van der Waals surface area contributed by atoms with Crippen molar-refractivity contribution >= 4 is 6.34 Å². The molecular weight excluding hydrogens is 186 g/mol. The fourth-order valence-corrected chi connectivity index (χ4v) is 4.16. The summed E-state index contributed by atoms with van der Waals surface area (Å²) in [6, 6.07) is 1.96. The second-order valence-corrected chi connectivity index (χ2v) is 5.35. The van der Waals surface area contributed by atoms with Gasteiger partial charge in [-0.2, -0.15) is 0 Å². The lowest BCUT2D eigenvalue weighted by Crippen LogP contribution is -2.49. The molecule has 3 nitrogen and oxygen atoms in total. The van der Waals surface area contributed by atoms with Crippen LogP contribution in [0.2, 0.25) is 0 Å². The molecule has 0 aromatic carbocycles. The quantitative estimate of drug-likeness (QED) is 0.643. The minimum absolute atomic E-state index is 0.580. The van der Waals surface area contributed by atoms with Crippen molar-refractivity contribution in [3.63, 3.8) is 0 Å². The van der Waals surface area contributed by atoms with Gasteiger partial charge in [0.2, 0.25) is 0 Å². The molecule has 0 spiro atoms. The Labute approximate surface area is 90.2 Å². The first-order valence-corrected chi connectivity index (χ1v) is 6.17. The molecular formula is C12H17N3. The van der Waals surface area contributed by atoms with Crippen molar-refractivity contribution in [2.24, 2.45) is 16.8 Å². The predicted octanol–water partition coefficient (Wildman–Crippen LogP) is 1.33. The first-order valence-electron chi connectivity index (χ1n) is 6.17. The standard InChI is InChI=1S/C12H17N3/c1-3-9-11-8(1)2-4-10-12(11)15(7-14-10)6-5-13-9/h5-13H,1-4H2. The number of aliphatic imine (C=N–C) groups is 1. The highest BCUT2D eigenvalue weighted by molar-refractivity contribution is 5.61. The van der Waals surface area contributed by atoms with Gasteiger partial charge in [0.1, 0.15) is 0 Å². The Morgan fingerprint density at radius 1 is 1.20 bits per heavy atom. The Bertz CT molecular complexity index is 336. The van der Waals surface area contributed by atoms with Crippen molar-refractivity contribution in [1.29, 1.82) is 0 Å². The van der Waals surface area contributed by atoms with Crippen LogP contribution in [-0.4, -0.2) is 29.4 Å². The maximum absolute atomic E-state index is 4.66. The Morgan fingerprint density at radius 2 is 2.13 bits per heavy atom. The smallest absolute Gasteiger partial charge is 0.0897 e. The molecule has 2 aliphatic heterocycles. The fourth-order valence-electron chi connectivity index (χ4n) is 4.16. The molecule has 0 aromatic heterocycles. The lowest BCUT2D eigenvalue weighted by atomic mass is 9.74. The van der Waals surface area contributed by atoms with Crippen molar-refractivity contribution in [3.05, 3.63) is 12.4 Å². The third kappa shape index (κ3) is 0.985. The van der Waals surface area contributed by atoms with Gasteiger partial charge in [0.25, 0.3) is 0 Å². The van der Waals surface area contributed by atoms with E-state index in [1.807, 2.05) is 0 Å². The zero-order chi connectivity index (χ0) is 9.83. The summed E-state index contributed by atoms with van der Waals surface area (Å²) in [6.45, 7) is 0. The van der Waals surface area contributed by atoms with Gasteiger partial charge in [-0.3, -0.25) is 4.99 Å². The molecule has 5 unspecified atom stereocenters. The van der Waals surface area contributed by atoms with Crippen LogP contribution in [0.1, 0.15) is 25.7 Å². The minimum Gasteiger partial charge on any atom is -0.387 e. The van der Waals surface area contributed by atoms with Gasteiger partial charge in [-0.1, -0.05) is 0 Å². The number of nitrogens with zero attached hydrogens (tertiary/aromatic N) is 2. The SMILES string of the molecule is C1=CN2C=NC3CCC4CCC(N1)C4C32. The van der Waals surface area contributed by atoms with E-state index in [1.165, 1.54) is 25.7 Å². The Morgan fingerprint density at radius 3 is 3.13 bits per heavy atom. The van der Waals surface area contributed by atoms with Crippen molar-refractivity contribution < 1.29 is 0 Å². The lowest BCUT2D eigenvalue weighted by Gasteiger charge is -2.39. The van der Waals surface area contributed by atoms with E-state index < -0.39 is 0 Å². The van der Waals surface area contributed by atoms with E-state index in [0.717, 1.165) is 11.8 Å². The molecule has 2 aliphatic carbocycles. The van der Waals surface area contributed by atoms with E-state index in [1.54, 1.807) is 0 Å². The van der Waals surface area contributed by atoms with E-state index in [0.29, 0.717) is 18.1 Å². The van der Waals surface area contributed by atoms with Crippen molar-refractivity contribution in [2.75, 3.05) is 0 Å². The van der Waals surface area contributed by atoms with E-state index in [4.69, 9.17) is 0 Å². The van der Waals surface area contributed by atoms with E-state index in [9.17, 15) is 0 Å². The van der Waals surface area contributed by atoms with Crippen LogP contribution < -0.4 is 5.32 Å². The summed E-state index contributed by atoms with van der Waals surface area (Å²) in [6.07, 6.45) is 11.8. The second kappa shape index (κ2) is 2.77. The number of rotatable bonds is 0. The van der Waals surface area contributed by atoms with Crippen molar-refractivity contribution in [2.45, 2.75) is 43.8 Å². The molecule has 0 amide bonds. The first kappa shape index (κ1) is 8.20. The molecule has 2 heterocycles. The zero-order valence-electron chi connectivity index (χ0n) is 8.84. The number of hydrogen-bond donors (Lipinski definition) is 1. The van der Waals surface area contributed by atoms with Gasteiger partial charge in [0.15, 0.2) is 0 Å². The molecule has 2 saturated carbocycles. The molecule has 2 fully saturated rings. The normalized spacial score (nSPS) is 50.1. The van der Waals surface area contributed by atoms with E-state index >= 15 is 0 Å². The lowest BCUT2D eigenvalue weighted by molar-refractivity contribution is 0.148. The zero-order valence-corrected chi connectivity index (χ0v) is 8.84. The van der Waals surface area contributed by atoms with Gasteiger partial charge in [0, 0.05) is 24.4 Å². The van der Waals surface area contributed by atoms with Crippen molar-refractivity contribution in [3.8, 4) is 0 Å². The van der Waals surface area contributed by atoms with Gasteiger partial charge in [0.05, 0.1) is 18.4 Å². The summed E-state index contributed by atoms with van der Waals surface area (Å²) >= 11 is 0. The summed E-state index contributed by atoms with van der Waals surface area (Å²) in [7, 11) is 0. The van der Waals surface area contributed by atoms with Crippen LogP contribution in [0.3, 0.4) is 0 Å². The van der Waals surface area contributed by atoms with Crippen LogP contribution in [0.4, 0.5) is 0 Å². The van der Waals surface area contributed by atoms with Crippen LogP contribution in [0, 0.1) is 11.8 Å². The minimum atomic E-state index is 0.580. The Balaban J connectivity index is 1.78. The monoisotopic (exact) mass is 203 g/mol. The topological polar surface area (TPSA) is 27.6 Å². The van der Waals surface area contributed by atoms with Gasteiger partial charge in [-0.15, -0.1) is 0 Å². The highest BCUT2D eigenvalue weighted by Crippen LogP contribution is 2.47. The maximum atomic E-state index is 4.66. The summed E-state index contributed by atoms with van der Waals surface area (Å²) in [4.78, 5) is 7.01. The number of hydrogen-bond acceptors (Lipinski definition) is 3. The van der Waals surface area contributed by atoms with Crippen LogP contribution in [0.5, 0.6) is 0 Å². The molecule has 15 heavy (non-hydrogen) atoms. The van der Waals surface area contributed by atoms with Gasteiger partial charge < -0.3 is 10.2 Å². The van der Waals surface area contributed by atoms with Crippen LogP contribution in [0.15, 0.2) is 17.4 Å². The molecule has 3 heteroatoms. The molecule has 0 saturated heterocycles. The van der Waals surface area contributed by atoms with Gasteiger partial charge in [-0.25, -0.2) is 0 Å². The predicted molar refractivity (Wildman–Crippen MR) is 59.4 cm³/mol. The fraction of sp³-hybridized carbons (Fsp3) is 0.750. The van der Waals surface area contributed by atoms with Crippen LogP contribution in [0.25, 0.3) is 0 Å². The Kier molecular flexibility index (Phi) is 1.52. The average Bonchev–Trinajstić information content (AvgIpc) is 2.78. The maximum Gasteiger partial charge on any atom is 0.0897 e. The summed E-state index contributed by atoms with van der Waals surface area (Å²) in [5.41, 5.74) is 0. The number of nitrogens with one attached hydrogen (secondary N) is 1. The second-order valence-electron chi connectivity index (χ2n) is 5.35. The molecule has 80 valence electrons. The Hall–Kier alpha value is -0.990. The van der Waals surface area contributed by atoms with E-state index in [-0.39, 0.29) is 0 Å². The highest BCUT2D eigenvalue weighted by Gasteiger charge is 2.50. The first-order chi connectivity index (χ1) is 7.43. The summed E-state index contributed by atoms with van der Waals surface area (Å²) in [5, 5.41) is 3.57. The molecule has 0 radical (unpaired) electrons. The molecule has 4 rings (SSSR count). The molecule has 1 N–H and O–H groups in total. The van der Waals surface area contributed by atoms with E-state index in [2.05, 4.69) is 33.9 Å². The van der Waals surface area contributed by atoms with Crippen LogP contribution >= 0.6 is 0 Å². The molecule has 0 bridgehead atoms. The molecule has 4 aliphatic rings. The van der Waals surface area contributed by atoms with Crippen LogP contribution in [-0.2, 0) is 0 Å². The highest BCUT2D eigenvalue weighted by atomic mass is 15.3. The van der Waals surface area contributed by atoms with Gasteiger partial charge >= 0.3 is 0 Å².